The predicted octanol–water partition coefficient (Wildman–Crippen LogP) is -0.0729. The molecule has 0 aromatic rings. The molecule has 0 fully saturated rings. The number of amides is 1. The summed E-state index contributed by atoms with van der Waals surface area (Å²) in [5.41, 5.74) is 0.0931. The lowest BCUT2D eigenvalue weighted by Crippen LogP contribution is -2.34. The van der Waals surface area contributed by atoms with E-state index in [0.717, 1.165) is 0 Å². The van der Waals surface area contributed by atoms with Gasteiger partial charge >= 0.3 is 0 Å². The first-order valence-electron chi connectivity index (χ1n) is 3.56. The number of oxime groups is 2. The highest BCUT2D eigenvalue weighted by Gasteiger charge is 2.18. The summed E-state index contributed by atoms with van der Waals surface area (Å²) in [6, 6.07) is 0. The van der Waals surface area contributed by atoms with E-state index in [4.69, 9.17) is 5.21 Å². The molecule has 0 saturated heterocycles. The highest BCUT2D eigenvalue weighted by molar-refractivity contribution is 6.66. The van der Waals surface area contributed by atoms with E-state index in [0.29, 0.717) is 0 Å². The Hall–Kier alpha value is -1.59. The summed E-state index contributed by atoms with van der Waals surface area (Å²) >= 11 is 0. The van der Waals surface area contributed by atoms with Crippen LogP contribution in [-0.2, 0) is 9.63 Å². The van der Waals surface area contributed by atoms with Crippen molar-refractivity contribution in [1.29, 1.82) is 0 Å². The first-order chi connectivity index (χ1) is 6.04. The third-order valence-electron chi connectivity index (χ3n) is 1.28. The zero-order valence-electron chi connectivity index (χ0n) is 8.11. The summed E-state index contributed by atoms with van der Waals surface area (Å²) in [4.78, 5) is 17.1. The Kier molecular flexibility index (Phi) is 4.50. The van der Waals surface area contributed by atoms with Gasteiger partial charge in [0.05, 0.1) is 0 Å². The van der Waals surface area contributed by atoms with Gasteiger partial charge < -0.3 is 14.9 Å². The lowest BCUT2D eigenvalue weighted by molar-refractivity contribution is -0.121. The first kappa shape index (κ1) is 11.4. The van der Waals surface area contributed by atoms with E-state index in [1.165, 1.54) is 18.9 Å². The second-order valence-corrected chi connectivity index (χ2v) is 2.51. The topological polar surface area (TPSA) is 74.5 Å². The molecular formula is C7H13N3O3. The van der Waals surface area contributed by atoms with Crippen LogP contribution < -0.4 is 0 Å². The van der Waals surface area contributed by atoms with Gasteiger partial charge in [-0.15, -0.1) is 0 Å². The van der Waals surface area contributed by atoms with Crippen molar-refractivity contribution in [3.63, 3.8) is 0 Å². The molecular weight excluding hydrogens is 174 g/mol. The normalized spacial score (nSPS) is 12.6. The van der Waals surface area contributed by atoms with Gasteiger partial charge in [-0.3, -0.25) is 4.79 Å². The SMILES string of the molecule is CON=C(C(=O)N(C)C)C(C)=NO. The van der Waals surface area contributed by atoms with E-state index in [1.807, 2.05) is 0 Å². The van der Waals surface area contributed by atoms with Crippen LogP contribution in [0.3, 0.4) is 0 Å². The van der Waals surface area contributed by atoms with Crippen molar-refractivity contribution >= 4 is 17.3 Å². The van der Waals surface area contributed by atoms with E-state index in [2.05, 4.69) is 15.1 Å². The minimum atomic E-state index is -0.378. The molecule has 1 amide bonds. The number of nitrogens with zero attached hydrogens (tertiary/aromatic N) is 3. The zero-order chi connectivity index (χ0) is 10.4. The Balaban J connectivity index is 4.84. The summed E-state index contributed by atoms with van der Waals surface area (Å²) in [5.74, 6) is -0.378. The fourth-order valence-corrected chi connectivity index (χ4v) is 0.610. The smallest absolute Gasteiger partial charge is 0.277 e. The molecule has 0 bridgehead atoms. The van der Waals surface area contributed by atoms with Crippen molar-refractivity contribution < 1.29 is 14.8 Å². The molecule has 0 aliphatic heterocycles. The van der Waals surface area contributed by atoms with Gasteiger partial charge in [0, 0.05) is 14.1 Å². The lowest BCUT2D eigenvalue weighted by atomic mass is 10.2. The average molecular weight is 187 g/mol. The molecule has 6 nitrogen and oxygen atoms in total. The Bertz CT molecular complexity index is 245. The third-order valence-corrected chi connectivity index (χ3v) is 1.28. The van der Waals surface area contributed by atoms with E-state index >= 15 is 0 Å². The molecule has 0 radical (unpaired) electrons. The van der Waals surface area contributed by atoms with Crippen molar-refractivity contribution in [2.24, 2.45) is 10.3 Å². The minimum Gasteiger partial charge on any atom is -0.411 e. The lowest BCUT2D eigenvalue weighted by Gasteiger charge is -2.10. The van der Waals surface area contributed by atoms with Crippen molar-refractivity contribution in [2.45, 2.75) is 6.92 Å². The van der Waals surface area contributed by atoms with Gasteiger partial charge in [-0.1, -0.05) is 10.3 Å². The van der Waals surface area contributed by atoms with Crippen molar-refractivity contribution in [1.82, 2.24) is 4.90 Å². The maximum Gasteiger partial charge on any atom is 0.277 e. The molecule has 0 saturated carbocycles. The number of rotatable bonds is 3. The number of hydrogen-bond donors (Lipinski definition) is 1. The highest BCUT2D eigenvalue weighted by atomic mass is 16.6. The Morgan fingerprint density at radius 1 is 1.46 bits per heavy atom. The molecule has 0 spiro atoms. The molecule has 1 N–H and O–H groups in total. The van der Waals surface area contributed by atoms with Crippen LogP contribution in [0.25, 0.3) is 0 Å². The monoisotopic (exact) mass is 187 g/mol. The van der Waals surface area contributed by atoms with E-state index in [9.17, 15) is 4.79 Å². The van der Waals surface area contributed by atoms with Gasteiger partial charge in [0.15, 0.2) is 5.71 Å². The van der Waals surface area contributed by atoms with Crippen LogP contribution in [-0.4, -0.2) is 48.6 Å². The summed E-state index contributed by atoms with van der Waals surface area (Å²) in [7, 11) is 4.45. The largest absolute Gasteiger partial charge is 0.411 e. The van der Waals surface area contributed by atoms with Gasteiger partial charge in [0.2, 0.25) is 0 Å². The third kappa shape index (κ3) is 3.10. The molecule has 74 valence electrons. The summed E-state index contributed by atoms with van der Waals surface area (Å²) in [5, 5.41) is 14.8. The van der Waals surface area contributed by atoms with Crippen LogP contribution in [0.1, 0.15) is 6.92 Å². The molecule has 6 heteroatoms. The second kappa shape index (κ2) is 5.13. The fraction of sp³-hybridized carbons (Fsp3) is 0.571. The fourth-order valence-electron chi connectivity index (χ4n) is 0.610. The molecule has 0 aromatic carbocycles. The minimum absolute atomic E-state index is 0.0185. The van der Waals surface area contributed by atoms with Gasteiger partial charge in [-0.25, -0.2) is 0 Å². The van der Waals surface area contributed by atoms with Crippen LogP contribution in [0, 0.1) is 0 Å². The van der Waals surface area contributed by atoms with E-state index in [1.54, 1.807) is 14.1 Å². The van der Waals surface area contributed by atoms with Crippen LogP contribution in [0.4, 0.5) is 0 Å². The summed E-state index contributed by atoms with van der Waals surface area (Å²) in [6.45, 7) is 1.46. The van der Waals surface area contributed by atoms with Gasteiger partial charge in [-0.2, -0.15) is 0 Å². The van der Waals surface area contributed by atoms with Gasteiger partial charge in [0.25, 0.3) is 5.91 Å². The second-order valence-electron chi connectivity index (χ2n) is 2.51. The number of carbonyl (C=O) groups excluding carboxylic acids is 1. The van der Waals surface area contributed by atoms with E-state index < -0.39 is 0 Å². The van der Waals surface area contributed by atoms with Crippen molar-refractivity contribution in [3.8, 4) is 0 Å². The number of hydrogen-bond acceptors (Lipinski definition) is 5. The molecule has 0 unspecified atom stereocenters. The Labute approximate surface area is 76.5 Å². The quantitative estimate of drug-likeness (QED) is 0.381. The summed E-state index contributed by atoms with van der Waals surface area (Å²) in [6.07, 6.45) is 0. The van der Waals surface area contributed by atoms with Gasteiger partial charge in [0.1, 0.15) is 12.8 Å². The molecule has 0 aromatic heterocycles. The maximum atomic E-state index is 11.4. The van der Waals surface area contributed by atoms with Gasteiger partial charge in [-0.05, 0) is 6.92 Å². The van der Waals surface area contributed by atoms with Crippen molar-refractivity contribution in [2.75, 3.05) is 21.2 Å². The average Bonchev–Trinajstić information content (AvgIpc) is 2.11. The van der Waals surface area contributed by atoms with Crippen LogP contribution in [0.5, 0.6) is 0 Å². The summed E-state index contributed by atoms with van der Waals surface area (Å²) < 4.78 is 0. The van der Waals surface area contributed by atoms with Crippen LogP contribution in [0.15, 0.2) is 10.3 Å². The van der Waals surface area contributed by atoms with Crippen LogP contribution >= 0.6 is 0 Å². The molecule has 0 heterocycles. The molecule has 13 heavy (non-hydrogen) atoms. The zero-order valence-corrected chi connectivity index (χ0v) is 8.11. The van der Waals surface area contributed by atoms with E-state index in [-0.39, 0.29) is 17.3 Å². The Morgan fingerprint density at radius 2 is 2.00 bits per heavy atom. The molecule has 0 rings (SSSR count). The molecule has 0 atom stereocenters. The molecule has 0 aliphatic carbocycles. The highest BCUT2D eigenvalue weighted by Crippen LogP contribution is 1.91. The predicted molar refractivity (Wildman–Crippen MR) is 48.0 cm³/mol. The Morgan fingerprint density at radius 3 is 2.31 bits per heavy atom. The maximum absolute atomic E-state index is 11.4. The van der Waals surface area contributed by atoms with Crippen molar-refractivity contribution in [3.05, 3.63) is 0 Å². The molecule has 0 aliphatic rings. The first-order valence-corrected chi connectivity index (χ1v) is 3.56. The van der Waals surface area contributed by atoms with Crippen LogP contribution in [0.2, 0.25) is 0 Å². The standard InChI is InChI=1S/C7H13N3O3/c1-5(8-12)6(9-13-4)7(11)10(2)3/h12H,1-4H3. The number of carbonyl (C=O) groups is 1.